The highest BCUT2D eigenvalue weighted by molar-refractivity contribution is 4.94. The van der Waals surface area contributed by atoms with Crippen LogP contribution < -0.4 is 0 Å². The van der Waals surface area contributed by atoms with Gasteiger partial charge in [-0.1, -0.05) is 20.8 Å². The lowest BCUT2D eigenvalue weighted by atomic mass is 10.2. The average Bonchev–Trinajstić information content (AvgIpc) is 2.34. The normalized spacial score (nSPS) is 10.9. The second kappa shape index (κ2) is 3.56. The molecule has 0 fully saturated rings. The van der Waals surface area contributed by atoms with Crippen LogP contribution in [0.1, 0.15) is 26.6 Å². The topological polar surface area (TPSA) is 17.8 Å². The van der Waals surface area contributed by atoms with E-state index in [2.05, 4.69) is 30.3 Å². The van der Waals surface area contributed by atoms with Crippen LogP contribution >= 0.6 is 0 Å². The summed E-state index contributed by atoms with van der Waals surface area (Å²) in [5.74, 6) is 2.59. The van der Waals surface area contributed by atoms with E-state index < -0.39 is 0 Å². The Balaban J connectivity index is 2.68. The van der Waals surface area contributed by atoms with E-state index in [-0.39, 0.29) is 0 Å². The fourth-order valence-electron chi connectivity index (χ4n) is 1.14. The van der Waals surface area contributed by atoms with Crippen molar-refractivity contribution in [2.24, 2.45) is 0 Å². The van der Waals surface area contributed by atoms with Gasteiger partial charge < -0.3 is 4.57 Å². The van der Waals surface area contributed by atoms with Crippen molar-refractivity contribution in [3.8, 4) is 0 Å². The summed E-state index contributed by atoms with van der Waals surface area (Å²) in [5, 5.41) is 0. The monoisotopic (exact) mass is 151 g/mol. The van der Waals surface area contributed by atoms with E-state index in [1.807, 2.05) is 12.4 Å². The van der Waals surface area contributed by atoms with Gasteiger partial charge in [0.25, 0.3) is 0 Å². The van der Waals surface area contributed by atoms with E-state index in [1.54, 1.807) is 0 Å². The van der Waals surface area contributed by atoms with Crippen LogP contribution in [-0.2, 0) is 13.0 Å². The number of aromatic nitrogens is 2. The summed E-state index contributed by atoms with van der Waals surface area (Å²) in [6.07, 6.45) is 4.91. The fourth-order valence-corrected chi connectivity index (χ4v) is 1.14. The van der Waals surface area contributed by atoms with Crippen LogP contribution in [0.15, 0.2) is 12.4 Å². The van der Waals surface area contributed by atoms with Crippen LogP contribution in [0.2, 0.25) is 0 Å². The summed E-state index contributed by atoms with van der Waals surface area (Å²) in [6.45, 7) is 7.41. The number of hydrogen-bond donors (Lipinski definition) is 0. The summed E-state index contributed by atoms with van der Waals surface area (Å²) in [7, 11) is 0. The number of imidazole rings is 1. The lowest BCUT2D eigenvalue weighted by molar-refractivity contribution is 0.670. The SMILES string of the molecule is CCc1nccn1C[C](C)C. The number of hydrogen-bond acceptors (Lipinski definition) is 1. The molecule has 2 heteroatoms. The summed E-state index contributed by atoms with van der Waals surface area (Å²) < 4.78 is 2.19. The van der Waals surface area contributed by atoms with Crippen LogP contribution in [0.4, 0.5) is 0 Å². The van der Waals surface area contributed by atoms with Crippen molar-refractivity contribution in [2.75, 3.05) is 0 Å². The minimum Gasteiger partial charge on any atom is -0.334 e. The molecule has 0 aliphatic heterocycles. The Bertz CT molecular complexity index is 213. The zero-order chi connectivity index (χ0) is 8.27. The first-order valence-corrected chi connectivity index (χ1v) is 4.03. The molecule has 1 aromatic heterocycles. The first-order valence-electron chi connectivity index (χ1n) is 4.03. The van der Waals surface area contributed by atoms with Gasteiger partial charge in [-0.3, -0.25) is 0 Å². The largest absolute Gasteiger partial charge is 0.334 e. The highest BCUT2D eigenvalue weighted by Crippen LogP contribution is 2.04. The predicted molar refractivity (Wildman–Crippen MR) is 46.2 cm³/mol. The van der Waals surface area contributed by atoms with E-state index in [0.717, 1.165) is 13.0 Å². The number of rotatable bonds is 3. The van der Waals surface area contributed by atoms with Gasteiger partial charge in [-0.25, -0.2) is 4.98 Å². The van der Waals surface area contributed by atoms with E-state index in [4.69, 9.17) is 0 Å². The predicted octanol–water partition coefficient (Wildman–Crippen LogP) is 2.06. The molecule has 0 unspecified atom stereocenters. The average molecular weight is 151 g/mol. The maximum atomic E-state index is 4.24. The van der Waals surface area contributed by atoms with Gasteiger partial charge in [0.15, 0.2) is 0 Å². The highest BCUT2D eigenvalue weighted by atomic mass is 15.1. The molecule has 0 aliphatic rings. The van der Waals surface area contributed by atoms with Crippen LogP contribution in [0.5, 0.6) is 0 Å². The molecule has 0 spiro atoms. The van der Waals surface area contributed by atoms with E-state index in [0.29, 0.717) is 0 Å². The third kappa shape index (κ3) is 2.07. The molecule has 61 valence electrons. The summed E-state index contributed by atoms with van der Waals surface area (Å²) in [5.41, 5.74) is 0. The fraction of sp³-hybridized carbons (Fsp3) is 0.556. The molecule has 0 aliphatic carbocycles. The van der Waals surface area contributed by atoms with Gasteiger partial charge in [0.2, 0.25) is 0 Å². The molecule has 1 aromatic rings. The Labute approximate surface area is 68.3 Å². The number of aryl methyl sites for hydroxylation is 1. The van der Waals surface area contributed by atoms with Gasteiger partial charge in [0.1, 0.15) is 5.82 Å². The second-order valence-electron chi connectivity index (χ2n) is 3.03. The van der Waals surface area contributed by atoms with Crippen LogP contribution in [0.3, 0.4) is 0 Å². The summed E-state index contributed by atoms with van der Waals surface area (Å²) in [6, 6.07) is 0. The van der Waals surface area contributed by atoms with Crippen molar-refractivity contribution >= 4 is 0 Å². The Kier molecular flexibility index (Phi) is 2.69. The van der Waals surface area contributed by atoms with Gasteiger partial charge in [-0.2, -0.15) is 0 Å². The van der Waals surface area contributed by atoms with Gasteiger partial charge >= 0.3 is 0 Å². The second-order valence-corrected chi connectivity index (χ2v) is 3.03. The minimum absolute atomic E-state index is 1.00. The van der Waals surface area contributed by atoms with Crippen molar-refractivity contribution in [3.63, 3.8) is 0 Å². The molecule has 2 nitrogen and oxygen atoms in total. The van der Waals surface area contributed by atoms with Gasteiger partial charge in [-0.05, 0) is 5.92 Å². The molecule has 1 heterocycles. The van der Waals surface area contributed by atoms with Crippen molar-refractivity contribution in [2.45, 2.75) is 33.7 Å². The quantitative estimate of drug-likeness (QED) is 0.646. The molecule has 11 heavy (non-hydrogen) atoms. The van der Waals surface area contributed by atoms with Crippen molar-refractivity contribution < 1.29 is 0 Å². The van der Waals surface area contributed by atoms with E-state index in [1.165, 1.54) is 11.7 Å². The number of nitrogens with zero attached hydrogens (tertiary/aromatic N) is 2. The zero-order valence-electron chi connectivity index (χ0n) is 7.46. The van der Waals surface area contributed by atoms with Crippen molar-refractivity contribution in [3.05, 3.63) is 24.1 Å². The Morgan fingerprint density at radius 3 is 2.82 bits per heavy atom. The lowest BCUT2D eigenvalue weighted by Crippen LogP contribution is -2.05. The molecule has 0 saturated heterocycles. The van der Waals surface area contributed by atoms with Crippen LogP contribution in [-0.4, -0.2) is 9.55 Å². The molecule has 0 atom stereocenters. The molecule has 1 rings (SSSR count). The third-order valence-electron chi connectivity index (χ3n) is 1.60. The lowest BCUT2D eigenvalue weighted by Gasteiger charge is -2.07. The third-order valence-corrected chi connectivity index (χ3v) is 1.60. The zero-order valence-corrected chi connectivity index (χ0v) is 7.46. The van der Waals surface area contributed by atoms with Gasteiger partial charge in [0, 0.05) is 25.4 Å². The highest BCUT2D eigenvalue weighted by Gasteiger charge is 2.01. The Hall–Kier alpha value is -0.790. The Morgan fingerprint density at radius 2 is 2.27 bits per heavy atom. The first kappa shape index (κ1) is 8.31. The van der Waals surface area contributed by atoms with E-state index >= 15 is 0 Å². The molecule has 1 radical (unpaired) electrons. The van der Waals surface area contributed by atoms with Gasteiger partial charge in [-0.15, -0.1) is 0 Å². The molecule has 0 N–H and O–H groups in total. The smallest absolute Gasteiger partial charge is 0.108 e. The van der Waals surface area contributed by atoms with Crippen molar-refractivity contribution in [1.29, 1.82) is 0 Å². The summed E-state index contributed by atoms with van der Waals surface area (Å²) in [4.78, 5) is 4.24. The standard InChI is InChI=1S/C9H15N2/c1-4-9-10-5-6-11(9)7-8(2)3/h5-6H,4,7H2,1-3H3. The van der Waals surface area contributed by atoms with Crippen molar-refractivity contribution in [1.82, 2.24) is 9.55 Å². The molecular weight excluding hydrogens is 136 g/mol. The first-order chi connectivity index (χ1) is 5.24. The maximum absolute atomic E-state index is 4.24. The summed E-state index contributed by atoms with van der Waals surface area (Å²) >= 11 is 0. The van der Waals surface area contributed by atoms with E-state index in [9.17, 15) is 0 Å². The minimum atomic E-state index is 1.00. The molecule has 0 bridgehead atoms. The molecular formula is C9H15N2. The van der Waals surface area contributed by atoms with Gasteiger partial charge in [0.05, 0.1) is 0 Å². The maximum Gasteiger partial charge on any atom is 0.108 e. The molecule has 0 aromatic carbocycles. The molecule has 0 saturated carbocycles. The van der Waals surface area contributed by atoms with Crippen LogP contribution in [0, 0.1) is 5.92 Å². The molecule has 0 amide bonds. The Morgan fingerprint density at radius 1 is 1.55 bits per heavy atom. The van der Waals surface area contributed by atoms with Crippen LogP contribution in [0.25, 0.3) is 0 Å².